The van der Waals surface area contributed by atoms with E-state index in [2.05, 4.69) is 0 Å². The van der Waals surface area contributed by atoms with Crippen molar-refractivity contribution in [3.05, 3.63) is 58.4 Å². The Bertz CT molecular complexity index is 831. The summed E-state index contributed by atoms with van der Waals surface area (Å²) >= 11 is 0. The van der Waals surface area contributed by atoms with Gasteiger partial charge in [-0.15, -0.1) is 0 Å². The maximum absolute atomic E-state index is 12.6. The Morgan fingerprint density at radius 1 is 0.895 bits per heavy atom. The number of alkyl halides is 3. The molecule has 0 aliphatic carbocycles. The van der Waals surface area contributed by atoms with Gasteiger partial charge in [-0.3, -0.25) is 0 Å². The molecule has 96 valence electrons. The van der Waals surface area contributed by atoms with Crippen LogP contribution in [0.3, 0.4) is 0 Å². The highest BCUT2D eigenvalue weighted by Gasteiger charge is 2.30. The zero-order valence-corrected chi connectivity index (χ0v) is 9.49. The van der Waals surface area contributed by atoms with Crippen LogP contribution in [0.25, 0.3) is 21.7 Å². The number of rotatable bonds is 0. The topological polar surface area (TPSA) is 30.2 Å². The van der Waals surface area contributed by atoms with Crippen molar-refractivity contribution in [1.82, 2.24) is 0 Å². The summed E-state index contributed by atoms with van der Waals surface area (Å²) in [6.45, 7) is 0. The maximum atomic E-state index is 12.6. The van der Waals surface area contributed by atoms with E-state index in [-0.39, 0.29) is 5.58 Å². The van der Waals surface area contributed by atoms with Crippen LogP contribution >= 0.6 is 0 Å². The molecule has 2 aromatic carbocycles. The van der Waals surface area contributed by atoms with Crippen molar-refractivity contribution in [2.24, 2.45) is 0 Å². The summed E-state index contributed by atoms with van der Waals surface area (Å²) in [7, 11) is 0. The van der Waals surface area contributed by atoms with Crippen LogP contribution in [0.5, 0.6) is 0 Å². The molecule has 3 aromatic rings. The first-order chi connectivity index (χ1) is 8.97. The predicted octanol–water partition coefficient (Wildman–Crippen LogP) is 3.97. The summed E-state index contributed by atoms with van der Waals surface area (Å²) in [5.74, 6) is 0. The van der Waals surface area contributed by atoms with Crippen molar-refractivity contribution in [2.75, 3.05) is 0 Å². The van der Waals surface area contributed by atoms with Gasteiger partial charge >= 0.3 is 11.8 Å². The minimum atomic E-state index is -4.46. The molecule has 5 heteroatoms. The maximum Gasteiger partial charge on any atom is 0.416 e. The third-order valence-corrected chi connectivity index (χ3v) is 2.95. The molecular weight excluding hydrogens is 257 g/mol. The second-order valence-corrected chi connectivity index (χ2v) is 4.14. The smallest absolute Gasteiger partial charge is 0.416 e. The van der Waals surface area contributed by atoms with Crippen LogP contribution in [0, 0.1) is 0 Å². The second kappa shape index (κ2) is 3.85. The zero-order valence-electron chi connectivity index (χ0n) is 9.49. The van der Waals surface area contributed by atoms with E-state index in [1.807, 2.05) is 0 Å². The fourth-order valence-electron chi connectivity index (χ4n) is 2.06. The lowest BCUT2D eigenvalue weighted by Gasteiger charge is -2.08. The van der Waals surface area contributed by atoms with E-state index < -0.39 is 17.4 Å². The molecule has 0 amide bonds. The van der Waals surface area contributed by atoms with Crippen LogP contribution in [-0.4, -0.2) is 0 Å². The average molecular weight is 264 g/mol. The van der Waals surface area contributed by atoms with Gasteiger partial charge < -0.3 is 4.42 Å². The van der Waals surface area contributed by atoms with Gasteiger partial charge in [-0.25, -0.2) is 4.79 Å². The van der Waals surface area contributed by atoms with Gasteiger partial charge in [-0.1, -0.05) is 18.2 Å². The van der Waals surface area contributed by atoms with E-state index in [1.165, 1.54) is 6.07 Å². The first-order valence-corrected chi connectivity index (χ1v) is 5.49. The van der Waals surface area contributed by atoms with Crippen molar-refractivity contribution >= 4 is 21.7 Å². The lowest BCUT2D eigenvalue weighted by atomic mass is 10.1. The summed E-state index contributed by atoms with van der Waals surface area (Å²) in [4.78, 5) is 11.7. The molecule has 0 saturated heterocycles. The van der Waals surface area contributed by atoms with E-state index in [0.717, 1.165) is 12.1 Å². The molecule has 1 heterocycles. The van der Waals surface area contributed by atoms with Gasteiger partial charge in [0.25, 0.3) is 0 Å². The fourth-order valence-corrected chi connectivity index (χ4v) is 2.06. The number of halogens is 3. The number of hydrogen-bond donors (Lipinski definition) is 0. The van der Waals surface area contributed by atoms with E-state index in [0.29, 0.717) is 16.2 Å². The van der Waals surface area contributed by atoms with Crippen LogP contribution in [0.2, 0.25) is 0 Å². The molecule has 0 aliphatic rings. The number of benzene rings is 2. The monoisotopic (exact) mass is 264 g/mol. The van der Waals surface area contributed by atoms with E-state index >= 15 is 0 Å². The first kappa shape index (κ1) is 11.8. The largest absolute Gasteiger partial charge is 0.422 e. The van der Waals surface area contributed by atoms with Crippen LogP contribution in [0.4, 0.5) is 13.2 Å². The molecular formula is C14H7F3O2. The van der Waals surface area contributed by atoms with Crippen LogP contribution < -0.4 is 5.63 Å². The molecule has 1 aromatic heterocycles. The van der Waals surface area contributed by atoms with Crippen molar-refractivity contribution in [3.63, 3.8) is 0 Å². The summed E-state index contributed by atoms with van der Waals surface area (Å²) in [6, 6.07) is 9.82. The Morgan fingerprint density at radius 2 is 1.58 bits per heavy atom. The molecule has 0 atom stereocenters. The van der Waals surface area contributed by atoms with E-state index in [1.54, 1.807) is 24.3 Å². The summed E-state index contributed by atoms with van der Waals surface area (Å²) in [5, 5.41) is 1.43. The highest BCUT2D eigenvalue weighted by Crippen LogP contribution is 2.32. The lowest BCUT2D eigenvalue weighted by Crippen LogP contribution is -2.05. The van der Waals surface area contributed by atoms with Crippen molar-refractivity contribution in [3.8, 4) is 0 Å². The molecule has 3 rings (SSSR count). The van der Waals surface area contributed by atoms with Gasteiger partial charge in [0, 0.05) is 5.39 Å². The summed E-state index contributed by atoms with van der Waals surface area (Å²) in [5.41, 5.74) is -1.53. The minimum absolute atomic E-state index is 0.0569. The standard InChI is InChI=1S/C14H7F3O2/c15-14(16,17)8-5-6-10-9-3-1-2-4-11(9)13(18)19-12(10)7-8/h1-7H. The molecule has 0 unspecified atom stereocenters. The highest BCUT2D eigenvalue weighted by atomic mass is 19.4. The summed E-state index contributed by atoms with van der Waals surface area (Å²) < 4.78 is 42.8. The predicted molar refractivity (Wildman–Crippen MR) is 65.0 cm³/mol. The Labute approximate surface area is 105 Å². The van der Waals surface area contributed by atoms with Gasteiger partial charge in [-0.2, -0.15) is 13.2 Å². The lowest BCUT2D eigenvalue weighted by molar-refractivity contribution is -0.137. The number of hydrogen-bond acceptors (Lipinski definition) is 2. The minimum Gasteiger partial charge on any atom is -0.422 e. The quantitative estimate of drug-likeness (QED) is 0.454. The molecule has 0 aliphatic heterocycles. The molecule has 0 fully saturated rings. The van der Waals surface area contributed by atoms with Gasteiger partial charge in [-0.05, 0) is 29.7 Å². The number of fused-ring (bicyclic) bond motifs is 3. The molecule has 19 heavy (non-hydrogen) atoms. The summed E-state index contributed by atoms with van der Waals surface area (Å²) in [6.07, 6.45) is -4.46. The third kappa shape index (κ3) is 1.87. The second-order valence-electron chi connectivity index (χ2n) is 4.14. The normalized spacial score (nSPS) is 12.2. The van der Waals surface area contributed by atoms with Crippen LogP contribution in [-0.2, 0) is 6.18 Å². The highest BCUT2D eigenvalue weighted by molar-refractivity contribution is 6.04. The Balaban J connectivity index is 2.44. The van der Waals surface area contributed by atoms with Crippen molar-refractivity contribution < 1.29 is 17.6 Å². The van der Waals surface area contributed by atoms with Crippen molar-refractivity contribution in [2.45, 2.75) is 6.18 Å². The first-order valence-electron chi connectivity index (χ1n) is 5.49. The van der Waals surface area contributed by atoms with Gasteiger partial charge in [0.2, 0.25) is 0 Å². The average Bonchev–Trinajstić information content (AvgIpc) is 2.37. The SMILES string of the molecule is O=c1oc2cc(C(F)(F)F)ccc2c2ccccc12. The van der Waals surface area contributed by atoms with E-state index in [9.17, 15) is 18.0 Å². The molecule has 2 nitrogen and oxygen atoms in total. The fraction of sp³-hybridized carbons (Fsp3) is 0.0714. The molecule has 0 saturated carbocycles. The van der Waals surface area contributed by atoms with Gasteiger partial charge in [0.15, 0.2) is 0 Å². The molecule has 0 radical (unpaired) electrons. The molecule has 0 bridgehead atoms. The van der Waals surface area contributed by atoms with E-state index in [4.69, 9.17) is 4.42 Å². The van der Waals surface area contributed by atoms with Gasteiger partial charge in [0.1, 0.15) is 5.58 Å². The Hall–Kier alpha value is -2.30. The Kier molecular flexibility index (Phi) is 2.38. The molecule has 0 N–H and O–H groups in total. The van der Waals surface area contributed by atoms with Gasteiger partial charge in [0.05, 0.1) is 10.9 Å². The zero-order chi connectivity index (χ0) is 13.6. The van der Waals surface area contributed by atoms with Crippen LogP contribution in [0.15, 0.2) is 51.7 Å². The van der Waals surface area contributed by atoms with Crippen LogP contribution in [0.1, 0.15) is 5.56 Å². The Morgan fingerprint density at radius 3 is 2.26 bits per heavy atom. The third-order valence-electron chi connectivity index (χ3n) is 2.95. The molecule has 0 spiro atoms. The van der Waals surface area contributed by atoms with Crippen molar-refractivity contribution in [1.29, 1.82) is 0 Å².